The van der Waals surface area contributed by atoms with E-state index in [1.165, 1.54) is 5.56 Å². The van der Waals surface area contributed by atoms with E-state index >= 15 is 0 Å². The number of hydrogen-bond donors (Lipinski definition) is 1. The molecular weight excluding hydrogens is 244 g/mol. The zero-order valence-electron chi connectivity index (χ0n) is 14.2. The smallest absolute Gasteiger partial charge is 0.00967 e. The fourth-order valence-corrected chi connectivity index (χ4v) is 2.33. The Labute approximate surface area is 125 Å². The quantitative estimate of drug-likeness (QED) is 0.819. The van der Waals surface area contributed by atoms with Crippen LogP contribution < -0.4 is 5.32 Å². The highest BCUT2D eigenvalue weighted by atomic mass is 15.1. The first kappa shape index (κ1) is 17.2. The largest absolute Gasteiger partial charge is 0.311 e. The molecular formula is C18H32N2. The van der Waals surface area contributed by atoms with Crippen LogP contribution in [0.25, 0.3) is 0 Å². The lowest BCUT2D eigenvalue weighted by Gasteiger charge is -2.34. The molecule has 2 nitrogen and oxygen atoms in total. The fourth-order valence-electron chi connectivity index (χ4n) is 2.33. The van der Waals surface area contributed by atoms with Crippen LogP contribution in [0.1, 0.15) is 40.2 Å². The average Bonchev–Trinajstić information content (AvgIpc) is 2.34. The van der Waals surface area contributed by atoms with Gasteiger partial charge < -0.3 is 10.2 Å². The Kier molecular flexibility index (Phi) is 6.22. The molecule has 0 radical (unpaired) electrons. The molecule has 20 heavy (non-hydrogen) atoms. The standard InChI is InChI=1S/C18H32N2/c1-17(2,3)19-14-18(4,5)15-20(6)13-12-16-10-8-7-9-11-16/h7-11,19H,12-15H2,1-6H3. The average molecular weight is 276 g/mol. The van der Waals surface area contributed by atoms with Crippen molar-refractivity contribution in [3.05, 3.63) is 35.9 Å². The van der Waals surface area contributed by atoms with Gasteiger partial charge in [-0.3, -0.25) is 0 Å². The summed E-state index contributed by atoms with van der Waals surface area (Å²) in [6, 6.07) is 10.7. The number of likely N-dealkylation sites (N-methyl/N-ethyl adjacent to an activating group) is 1. The number of rotatable bonds is 7. The van der Waals surface area contributed by atoms with Gasteiger partial charge in [-0.15, -0.1) is 0 Å². The molecule has 114 valence electrons. The topological polar surface area (TPSA) is 15.3 Å². The minimum Gasteiger partial charge on any atom is -0.311 e. The highest BCUT2D eigenvalue weighted by molar-refractivity contribution is 5.14. The molecule has 0 spiro atoms. The summed E-state index contributed by atoms with van der Waals surface area (Å²) in [5.74, 6) is 0. The van der Waals surface area contributed by atoms with Gasteiger partial charge in [-0.1, -0.05) is 44.2 Å². The Hall–Kier alpha value is -0.860. The van der Waals surface area contributed by atoms with Crippen molar-refractivity contribution in [2.75, 3.05) is 26.7 Å². The molecule has 0 aliphatic rings. The summed E-state index contributed by atoms with van der Waals surface area (Å²) in [4.78, 5) is 2.44. The summed E-state index contributed by atoms with van der Waals surface area (Å²) in [6.07, 6.45) is 1.13. The van der Waals surface area contributed by atoms with Crippen molar-refractivity contribution in [2.24, 2.45) is 5.41 Å². The third kappa shape index (κ3) is 7.66. The molecule has 0 saturated carbocycles. The van der Waals surface area contributed by atoms with E-state index in [-0.39, 0.29) is 5.54 Å². The summed E-state index contributed by atoms with van der Waals surface area (Å²) >= 11 is 0. The number of hydrogen-bond acceptors (Lipinski definition) is 2. The molecule has 0 saturated heterocycles. The Bertz CT molecular complexity index is 376. The molecule has 0 fully saturated rings. The Balaban J connectivity index is 2.35. The van der Waals surface area contributed by atoms with Gasteiger partial charge in [-0.25, -0.2) is 0 Å². The molecule has 0 atom stereocenters. The lowest BCUT2D eigenvalue weighted by Crippen LogP contribution is -2.45. The van der Waals surface area contributed by atoms with Crippen molar-refractivity contribution in [3.8, 4) is 0 Å². The molecule has 0 bridgehead atoms. The van der Waals surface area contributed by atoms with E-state index in [0.29, 0.717) is 5.41 Å². The van der Waals surface area contributed by atoms with E-state index in [1.54, 1.807) is 0 Å². The molecule has 2 heteroatoms. The SMILES string of the molecule is CN(CCc1ccccc1)CC(C)(C)CNC(C)(C)C. The van der Waals surface area contributed by atoms with Crippen LogP contribution in [0, 0.1) is 5.41 Å². The zero-order chi connectivity index (χ0) is 15.2. The third-order valence-electron chi connectivity index (χ3n) is 3.42. The first-order valence-corrected chi connectivity index (χ1v) is 7.65. The van der Waals surface area contributed by atoms with Gasteiger partial charge >= 0.3 is 0 Å². The Morgan fingerprint density at radius 3 is 2.15 bits per heavy atom. The molecule has 0 amide bonds. The second kappa shape index (κ2) is 7.24. The van der Waals surface area contributed by atoms with Crippen LogP contribution in [-0.2, 0) is 6.42 Å². The second-order valence-corrected chi connectivity index (χ2v) is 7.74. The second-order valence-electron chi connectivity index (χ2n) is 7.74. The minimum absolute atomic E-state index is 0.194. The molecule has 1 rings (SSSR count). The molecule has 0 heterocycles. The van der Waals surface area contributed by atoms with Crippen LogP contribution in [0.15, 0.2) is 30.3 Å². The van der Waals surface area contributed by atoms with E-state index in [4.69, 9.17) is 0 Å². The van der Waals surface area contributed by atoms with Gasteiger partial charge in [0.05, 0.1) is 0 Å². The predicted molar refractivity (Wildman–Crippen MR) is 89.2 cm³/mol. The summed E-state index contributed by atoms with van der Waals surface area (Å²) in [5.41, 5.74) is 1.91. The van der Waals surface area contributed by atoms with Crippen molar-refractivity contribution in [2.45, 2.75) is 46.6 Å². The summed E-state index contributed by atoms with van der Waals surface area (Å²) in [6.45, 7) is 14.6. The molecule has 0 unspecified atom stereocenters. The minimum atomic E-state index is 0.194. The molecule has 1 N–H and O–H groups in total. The van der Waals surface area contributed by atoms with E-state index in [9.17, 15) is 0 Å². The normalized spacial score (nSPS) is 12.9. The van der Waals surface area contributed by atoms with Crippen molar-refractivity contribution in [1.29, 1.82) is 0 Å². The van der Waals surface area contributed by atoms with E-state index in [1.807, 2.05) is 0 Å². The van der Waals surface area contributed by atoms with Crippen molar-refractivity contribution < 1.29 is 0 Å². The lowest BCUT2D eigenvalue weighted by atomic mass is 9.91. The molecule has 0 aromatic heterocycles. The van der Waals surface area contributed by atoms with Gasteiger partial charge in [0.25, 0.3) is 0 Å². The van der Waals surface area contributed by atoms with E-state index in [0.717, 1.165) is 26.1 Å². The lowest BCUT2D eigenvalue weighted by molar-refractivity contribution is 0.192. The van der Waals surface area contributed by atoms with Crippen molar-refractivity contribution in [1.82, 2.24) is 10.2 Å². The predicted octanol–water partition coefficient (Wildman–Crippen LogP) is 3.58. The maximum absolute atomic E-state index is 3.61. The number of nitrogens with zero attached hydrogens (tertiary/aromatic N) is 1. The summed E-state index contributed by atoms with van der Waals surface area (Å²) in [7, 11) is 2.22. The van der Waals surface area contributed by atoms with Gasteiger partial charge in [0.15, 0.2) is 0 Å². The van der Waals surface area contributed by atoms with E-state index in [2.05, 4.69) is 82.2 Å². The highest BCUT2D eigenvalue weighted by Gasteiger charge is 2.22. The van der Waals surface area contributed by atoms with Crippen LogP contribution in [0.4, 0.5) is 0 Å². The van der Waals surface area contributed by atoms with Crippen LogP contribution in [0.3, 0.4) is 0 Å². The molecule has 1 aromatic carbocycles. The summed E-state index contributed by atoms with van der Waals surface area (Å²) < 4.78 is 0. The van der Waals surface area contributed by atoms with Gasteiger partial charge in [-0.05, 0) is 45.2 Å². The number of nitrogens with one attached hydrogen (secondary N) is 1. The van der Waals surface area contributed by atoms with Crippen molar-refractivity contribution in [3.63, 3.8) is 0 Å². The van der Waals surface area contributed by atoms with Gasteiger partial charge in [-0.2, -0.15) is 0 Å². The fraction of sp³-hybridized carbons (Fsp3) is 0.667. The van der Waals surface area contributed by atoms with Crippen LogP contribution in [0.2, 0.25) is 0 Å². The van der Waals surface area contributed by atoms with Crippen LogP contribution >= 0.6 is 0 Å². The molecule has 0 aliphatic heterocycles. The monoisotopic (exact) mass is 276 g/mol. The first-order chi connectivity index (χ1) is 9.18. The third-order valence-corrected chi connectivity index (χ3v) is 3.42. The Morgan fingerprint density at radius 2 is 1.60 bits per heavy atom. The van der Waals surface area contributed by atoms with E-state index < -0.39 is 0 Å². The van der Waals surface area contributed by atoms with Gasteiger partial charge in [0.1, 0.15) is 0 Å². The summed E-state index contributed by atoms with van der Waals surface area (Å²) in [5, 5.41) is 3.61. The first-order valence-electron chi connectivity index (χ1n) is 7.65. The highest BCUT2D eigenvalue weighted by Crippen LogP contribution is 2.17. The van der Waals surface area contributed by atoms with Crippen LogP contribution in [-0.4, -0.2) is 37.1 Å². The van der Waals surface area contributed by atoms with Gasteiger partial charge in [0, 0.05) is 25.2 Å². The maximum Gasteiger partial charge on any atom is 0.00967 e. The maximum atomic E-state index is 3.61. The molecule has 0 aliphatic carbocycles. The van der Waals surface area contributed by atoms with Crippen molar-refractivity contribution >= 4 is 0 Å². The Morgan fingerprint density at radius 1 is 1.00 bits per heavy atom. The molecule has 1 aromatic rings. The number of benzene rings is 1. The van der Waals surface area contributed by atoms with Crippen LogP contribution in [0.5, 0.6) is 0 Å². The zero-order valence-corrected chi connectivity index (χ0v) is 14.2. The van der Waals surface area contributed by atoms with Gasteiger partial charge in [0.2, 0.25) is 0 Å².